The summed E-state index contributed by atoms with van der Waals surface area (Å²) in [5, 5.41) is 15.2. The van der Waals surface area contributed by atoms with E-state index in [1.807, 2.05) is 14.1 Å². The molecule has 0 fully saturated rings. The van der Waals surface area contributed by atoms with Crippen LogP contribution in [0.2, 0.25) is 0 Å². The summed E-state index contributed by atoms with van der Waals surface area (Å²) >= 11 is 0. The van der Waals surface area contributed by atoms with Crippen molar-refractivity contribution in [2.75, 3.05) is 20.6 Å². The van der Waals surface area contributed by atoms with Gasteiger partial charge in [-0.15, -0.1) is 0 Å². The Labute approximate surface area is 62.8 Å². The van der Waals surface area contributed by atoms with Gasteiger partial charge in [-0.3, -0.25) is 0 Å². The number of hydrogen-bond acceptors (Lipinski definition) is 3. The van der Waals surface area contributed by atoms with E-state index in [9.17, 15) is 0 Å². The summed E-state index contributed by atoms with van der Waals surface area (Å²) < 4.78 is 0. The van der Waals surface area contributed by atoms with Crippen LogP contribution in [-0.4, -0.2) is 37.9 Å². The zero-order valence-corrected chi connectivity index (χ0v) is 7.02. The molecule has 0 rings (SSSR count). The van der Waals surface area contributed by atoms with Crippen LogP contribution in [0.3, 0.4) is 0 Å². The second-order valence-corrected chi connectivity index (χ2v) is 2.53. The number of aliphatic hydroxyl groups excluding tert-OH is 1. The van der Waals surface area contributed by atoms with E-state index in [1.165, 1.54) is 0 Å². The zero-order chi connectivity index (χ0) is 7.98. The van der Waals surface area contributed by atoms with Crippen LogP contribution in [0.4, 0.5) is 0 Å². The highest BCUT2D eigenvalue weighted by Gasteiger charge is 2.10. The van der Waals surface area contributed by atoms with Gasteiger partial charge in [0.05, 0.1) is 6.10 Å². The fraction of sp³-hybridized carbons (Fsp3) is 1.00. The van der Waals surface area contributed by atoms with E-state index < -0.39 is 0 Å². The van der Waals surface area contributed by atoms with Crippen LogP contribution in [0, 0.1) is 0 Å². The van der Waals surface area contributed by atoms with Gasteiger partial charge in [0.15, 0.2) is 0 Å². The van der Waals surface area contributed by atoms with Crippen molar-refractivity contribution >= 4 is 0 Å². The Morgan fingerprint density at radius 3 is 2.30 bits per heavy atom. The molecule has 0 aliphatic rings. The van der Waals surface area contributed by atoms with Gasteiger partial charge < -0.3 is 15.7 Å². The molecule has 0 heterocycles. The molecular weight excluding hydrogens is 128 g/mol. The number of nitrogens with one attached hydrogen (secondary N) is 2. The maximum Gasteiger partial charge on any atom is 0.0665 e. The smallest absolute Gasteiger partial charge is 0.0665 e. The Kier molecular flexibility index (Phi) is 5.58. The summed E-state index contributed by atoms with van der Waals surface area (Å²) in [7, 11) is 3.78. The molecule has 0 aliphatic carbocycles. The molecule has 0 aromatic rings. The van der Waals surface area contributed by atoms with E-state index in [2.05, 4.69) is 10.6 Å². The van der Waals surface area contributed by atoms with Gasteiger partial charge in [-0.1, -0.05) is 0 Å². The van der Waals surface area contributed by atoms with Crippen LogP contribution >= 0.6 is 0 Å². The molecule has 0 aromatic heterocycles. The second-order valence-electron chi connectivity index (χ2n) is 2.53. The molecule has 0 aliphatic heterocycles. The Morgan fingerprint density at radius 2 is 2.00 bits per heavy atom. The SMILES string of the molecule is CNCC[C@@H](NC)[C@H](C)O. The summed E-state index contributed by atoms with van der Waals surface area (Å²) in [6, 6.07) is 0.215. The average Bonchev–Trinajstić information content (AvgIpc) is 1.89. The van der Waals surface area contributed by atoms with Gasteiger partial charge in [-0.05, 0) is 34.0 Å². The van der Waals surface area contributed by atoms with E-state index in [4.69, 9.17) is 5.11 Å². The van der Waals surface area contributed by atoms with E-state index in [-0.39, 0.29) is 12.1 Å². The fourth-order valence-electron chi connectivity index (χ4n) is 0.927. The first-order valence-corrected chi connectivity index (χ1v) is 3.72. The molecule has 3 N–H and O–H groups in total. The maximum atomic E-state index is 9.15. The summed E-state index contributed by atoms with van der Waals surface area (Å²) in [4.78, 5) is 0. The number of likely N-dealkylation sites (N-methyl/N-ethyl adjacent to an activating group) is 1. The quantitative estimate of drug-likeness (QED) is 0.493. The van der Waals surface area contributed by atoms with E-state index >= 15 is 0 Å². The third-order valence-corrected chi connectivity index (χ3v) is 1.66. The lowest BCUT2D eigenvalue weighted by molar-refractivity contribution is 0.144. The first-order chi connectivity index (χ1) is 4.72. The van der Waals surface area contributed by atoms with Crippen LogP contribution in [0.5, 0.6) is 0 Å². The highest BCUT2D eigenvalue weighted by atomic mass is 16.3. The summed E-state index contributed by atoms with van der Waals surface area (Å²) in [6.45, 7) is 2.74. The molecule has 0 bridgehead atoms. The monoisotopic (exact) mass is 146 g/mol. The first-order valence-electron chi connectivity index (χ1n) is 3.72. The first kappa shape index (κ1) is 9.88. The molecule has 0 unspecified atom stereocenters. The molecule has 3 heteroatoms. The maximum absolute atomic E-state index is 9.15. The molecule has 62 valence electrons. The average molecular weight is 146 g/mol. The van der Waals surface area contributed by atoms with Gasteiger partial charge in [0.25, 0.3) is 0 Å². The van der Waals surface area contributed by atoms with Crippen molar-refractivity contribution < 1.29 is 5.11 Å². The predicted molar refractivity (Wildman–Crippen MR) is 43.1 cm³/mol. The third kappa shape index (κ3) is 3.82. The summed E-state index contributed by atoms with van der Waals surface area (Å²) in [5.41, 5.74) is 0. The van der Waals surface area contributed by atoms with Gasteiger partial charge in [-0.2, -0.15) is 0 Å². The highest BCUT2D eigenvalue weighted by molar-refractivity contribution is 4.70. The third-order valence-electron chi connectivity index (χ3n) is 1.66. The minimum Gasteiger partial charge on any atom is -0.392 e. The lowest BCUT2D eigenvalue weighted by Crippen LogP contribution is -2.37. The number of aliphatic hydroxyl groups is 1. The molecule has 10 heavy (non-hydrogen) atoms. The summed E-state index contributed by atoms with van der Waals surface area (Å²) in [5.74, 6) is 0. The van der Waals surface area contributed by atoms with E-state index in [1.54, 1.807) is 6.92 Å². The van der Waals surface area contributed by atoms with Gasteiger partial charge in [0.2, 0.25) is 0 Å². The summed E-state index contributed by atoms with van der Waals surface area (Å²) in [6.07, 6.45) is 0.698. The molecule has 2 atom stereocenters. The second kappa shape index (κ2) is 5.65. The Hall–Kier alpha value is -0.120. The molecule has 0 radical (unpaired) electrons. The van der Waals surface area contributed by atoms with Gasteiger partial charge in [-0.25, -0.2) is 0 Å². The van der Waals surface area contributed by atoms with Gasteiger partial charge in [0, 0.05) is 6.04 Å². The topological polar surface area (TPSA) is 44.3 Å². The zero-order valence-electron chi connectivity index (χ0n) is 7.02. The lowest BCUT2D eigenvalue weighted by atomic mass is 10.1. The fourth-order valence-corrected chi connectivity index (χ4v) is 0.927. The minimum atomic E-state index is -0.265. The van der Waals surface area contributed by atoms with Gasteiger partial charge in [0.1, 0.15) is 0 Å². The van der Waals surface area contributed by atoms with Crippen LogP contribution in [0.15, 0.2) is 0 Å². The molecule has 0 aromatic carbocycles. The predicted octanol–water partition coefficient (Wildman–Crippen LogP) is -0.435. The van der Waals surface area contributed by atoms with Crippen molar-refractivity contribution in [3.63, 3.8) is 0 Å². The van der Waals surface area contributed by atoms with Crippen molar-refractivity contribution in [2.45, 2.75) is 25.5 Å². The van der Waals surface area contributed by atoms with E-state index in [0.717, 1.165) is 13.0 Å². The van der Waals surface area contributed by atoms with Crippen molar-refractivity contribution in [3.05, 3.63) is 0 Å². The lowest BCUT2D eigenvalue weighted by Gasteiger charge is -2.18. The molecule has 0 saturated carbocycles. The van der Waals surface area contributed by atoms with Gasteiger partial charge >= 0.3 is 0 Å². The Bertz CT molecular complexity index is 76.0. The number of hydrogen-bond donors (Lipinski definition) is 3. The number of rotatable bonds is 5. The molecule has 0 saturated heterocycles. The molecule has 0 amide bonds. The normalized spacial score (nSPS) is 16.8. The molecular formula is C7H18N2O. The minimum absolute atomic E-state index is 0.215. The molecule has 3 nitrogen and oxygen atoms in total. The van der Waals surface area contributed by atoms with Crippen LogP contribution < -0.4 is 10.6 Å². The van der Waals surface area contributed by atoms with Crippen molar-refractivity contribution in [1.29, 1.82) is 0 Å². The van der Waals surface area contributed by atoms with Crippen molar-refractivity contribution in [2.24, 2.45) is 0 Å². The molecule has 0 spiro atoms. The Balaban J connectivity index is 3.40. The van der Waals surface area contributed by atoms with E-state index in [0.29, 0.717) is 0 Å². The largest absolute Gasteiger partial charge is 0.392 e. The standard InChI is InChI=1S/C7H18N2O/c1-6(10)7(9-3)4-5-8-2/h6-10H,4-5H2,1-3H3/t6-,7+/m0/s1. The van der Waals surface area contributed by atoms with Crippen molar-refractivity contribution in [1.82, 2.24) is 10.6 Å². The highest BCUT2D eigenvalue weighted by Crippen LogP contribution is 1.95. The Morgan fingerprint density at radius 1 is 1.40 bits per heavy atom. The van der Waals surface area contributed by atoms with Crippen LogP contribution in [0.1, 0.15) is 13.3 Å². The van der Waals surface area contributed by atoms with Crippen LogP contribution in [0.25, 0.3) is 0 Å². The van der Waals surface area contributed by atoms with Crippen LogP contribution in [-0.2, 0) is 0 Å². The van der Waals surface area contributed by atoms with Crippen molar-refractivity contribution in [3.8, 4) is 0 Å².